The van der Waals surface area contributed by atoms with Gasteiger partial charge < -0.3 is 9.47 Å². The van der Waals surface area contributed by atoms with Crippen molar-refractivity contribution in [2.24, 2.45) is 0 Å². The molecule has 0 aliphatic carbocycles. The fourth-order valence-corrected chi connectivity index (χ4v) is 1.59. The molecule has 1 aromatic carbocycles. The van der Waals surface area contributed by atoms with E-state index in [1.807, 2.05) is 0 Å². The molecule has 0 amide bonds. The minimum absolute atomic E-state index is 0.161. The van der Waals surface area contributed by atoms with Crippen LogP contribution < -0.4 is 4.74 Å². The summed E-state index contributed by atoms with van der Waals surface area (Å²) >= 11 is 0. The summed E-state index contributed by atoms with van der Waals surface area (Å²) in [5, 5.41) is 0. The number of benzene rings is 1. The number of ether oxygens (including phenoxy) is 2. The summed E-state index contributed by atoms with van der Waals surface area (Å²) in [5.74, 6) is -7.75. The molecule has 4 nitrogen and oxygen atoms in total. The van der Waals surface area contributed by atoms with Crippen molar-refractivity contribution in [3.05, 3.63) is 28.6 Å². The van der Waals surface area contributed by atoms with Crippen LogP contribution in [0.5, 0.6) is 5.75 Å². The van der Waals surface area contributed by atoms with Crippen LogP contribution in [0.2, 0.25) is 0 Å². The van der Waals surface area contributed by atoms with Crippen molar-refractivity contribution in [2.75, 3.05) is 7.11 Å². The summed E-state index contributed by atoms with van der Waals surface area (Å²) in [4.78, 5) is 22.2. The molecule has 0 saturated carbocycles. The third-order valence-electron chi connectivity index (χ3n) is 2.38. The van der Waals surface area contributed by atoms with Gasteiger partial charge >= 0.3 is 11.9 Å². The van der Waals surface area contributed by atoms with E-state index in [1.54, 1.807) is 0 Å². The van der Waals surface area contributed by atoms with Crippen LogP contribution in [0.15, 0.2) is 0 Å². The highest BCUT2D eigenvalue weighted by Gasteiger charge is 2.30. The van der Waals surface area contributed by atoms with Gasteiger partial charge in [0, 0.05) is 12.5 Å². The number of esters is 2. The van der Waals surface area contributed by atoms with E-state index in [0.29, 0.717) is 0 Å². The van der Waals surface area contributed by atoms with E-state index in [0.717, 1.165) is 14.0 Å². The fraction of sp³-hybridized carbons (Fsp3) is 0.333. The van der Waals surface area contributed by atoms with Gasteiger partial charge in [0.2, 0.25) is 5.82 Å². The number of rotatable bonds is 3. The van der Waals surface area contributed by atoms with Crippen LogP contribution >= 0.6 is 0 Å². The second-order valence-electron chi connectivity index (χ2n) is 3.56. The average molecular weight is 276 g/mol. The van der Waals surface area contributed by atoms with Gasteiger partial charge in [-0.2, -0.15) is 4.39 Å². The molecule has 1 aromatic rings. The van der Waals surface area contributed by atoms with Crippen molar-refractivity contribution in [3.8, 4) is 5.75 Å². The molecule has 0 bridgehead atoms. The van der Waals surface area contributed by atoms with Crippen LogP contribution in [-0.4, -0.2) is 19.0 Å². The Morgan fingerprint density at radius 2 is 1.68 bits per heavy atom. The monoisotopic (exact) mass is 276 g/mol. The van der Waals surface area contributed by atoms with Crippen LogP contribution in [0.4, 0.5) is 13.2 Å². The van der Waals surface area contributed by atoms with Crippen LogP contribution in [0.1, 0.15) is 29.8 Å². The van der Waals surface area contributed by atoms with Crippen molar-refractivity contribution >= 4 is 11.9 Å². The Kier molecular flexibility index (Phi) is 4.52. The summed E-state index contributed by atoms with van der Waals surface area (Å²) in [7, 11) is 0.923. The summed E-state index contributed by atoms with van der Waals surface area (Å²) in [6.45, 7) is 2.33. The van der Waals surface area contributed by atoms with Gasteiger partial charge in [-0.25, -0.2) is 13.6 Å². The molecule has 0 fully saturated rings. The molecule has 7 heteroatoms. The summed E-state index contributed by atoms with van der Waals surface area (Å²) in [5.41, 5.74) is -1.35. The number of halogens is 3. The smallest absolute Gasteiger partial charge is 0.349 e. The topological polar surface area (TPSA) is 52.6 Å². The molecule has 0 saturated heterocycles. The van der Waals surface area contributed by atoms with E-state index >= 15 is 0 Å². The Balaban J connectivity index is 3.56. The van der Waals surface area contributed by atoms with Gasteiger partial charge in [-0.3, -0.25) is 4.79 Å². The highest BCUT2D eigenvalue weighted by Crippen LogP contribution is 2.31. The maximum Gasteiger partial charge on any atom is 0.349 e. The zero-order valence-corrected chi connectivity index (χ0v) is 10.5. The first-order chi connectivity index (χ1) is 8.84. The summed E-state index contributed by atoms with van der Waals surface area (Å²) < 4.78 is 49.6. The Morgan fingerprint density at radius 3 is 2.11 bits per heavy atom. The van der Waals surface area contributed by atoms with Gasteiger partial charge in [0.1, 0.15) is 5.56 Å². The quantitative estimate of drug-likeness (QED) is 0.483. The second-order valence-corrected chi connectivity index (χ2v) is 3.56. The number of carbonyl (C=O) groups is 2. The van der Waals surface area contributed by atoms with Gasteiger partial charge in [0.05, 0.1) is 7.11 Å². The molecule has 0 N–H and O–H groups in total. The lowest BCUT2D eigenvalue weighted by Crippen LogP contribution is -2.17. The largest absolute Gasteiger partial charge is 0.491 e. The van der Waals surface area contributed by atoms with Crippen molar-refractivity contribution in [1.82, 2.24) is 0 Å². The second kappa shape index (κ2) is 5.73. The minimum Gasteiger partial charge on any atom is -0.491 e. The number of hydrogen-bond donors (Lipinski definition) is 0. The van der Waals surface area contributed by atoms with Gasteiger partial charge in [0.15, 0.2) is 17.4 Å². The van der Waals surface area contributed by atoms with Gasteiger partial charge in [0.25, 0.3) is 0 Å². The Labute approximate surface area is 107 Å². The Bertz CT molecular complexity index is 541. The van der Waals surface area contributed by atoms with E-state index in [9.17, 15) is 22.8 Å². The zero-order chi connectivity index (χ0) is 14.7. The summed E-state index contributed by atoms with van der Waals surface area (Å²) in [6.07, 6.45) is -0.161. The van der Waals surface area contributed by atoms with Crippen molar-refractivity contribution < 1.29 is 32.2 Å². The average Bonchev–Trinajstić information content (AvgIpc) is 2.33. The minimum atomic E-state index is -1.53. The van der Waals surface area contributed by atoms with Crippen molar-refractivity contribution in [1.29, 1.82) is 0 Å². The molecule has 19 heavy (non-hydrogen) atoms. The van der Waals surface area contributed by atoms with Crippen molar-refractivity contribution in [2.45, 2.75) is 20.3 Å². The van der Waals surface area contributed by atoms with Crippen LogP contribution in [0.3, 0.4) is 0 Å². The molecule has 0 unspecified atom stereocenters. The van der Waals surface area contributed by atoms with E-state index in [1.165, 1.54) is 6.92 Å². The van der Waals surface area contributed by atoms with Crippen LogP contribution in [0, 0.1) is 17.5 Å². The van der Waals surface area contributed by atoms with Gasteiger partial charge in [-0.1, -0.05) is 6.92 Å². The SMILES string of the molecule is CCc1c(F)c(F)c(OC)c(F)c1C(=O)OC(C)=O. The molecule has 0 radical (unpaired) electrons. The summed E-state index contributed by atoms with van der Waals surface area (Å²) in [6, 6.07) is 0. The molecule has 0 aliphatic heterocycles. The lowest BCUT2D eigenvalue weighted by molar-refractivity contribution is -0.135. The first-order valence-corrected chi connectivity index (χ1v) is 5.31. The zero-order valence-electron chi connectivity index (χ0n) is 10.5. The lowest BCUT2D eigenvalue weighted by Gasteiger charge is -2.13. The first kappa shape index (κ1) is 15.0. The molecular formula is C12H11F3O4. The molecule has 0 aromatic heterocycles. The Hall–Kier alpha value is -2.05. The maximum atomic E-state index is 13.9. The van der Waals surface area contributed by atoms with E-state index in [2.05, 4.69) is 9.47 Å². The highest BCUT2D eigenvalue weighted by molar-refractivity contribution is 5.98. The standard InChI is InChI=1S/C12H11F3O4/c1-4-6-7(12(17)19-5(2)16)9(14)11(18-3)10(15)8(6)13/h4H2,1-3H3. The molecule has 0 aliphatic rings. The number of hydrogen-bond acceptors (Lipinski definition) is 4. The van der Waals surface area contributed by atoms with Crippen LogP contribution in [-0.2, 0) is 16.0 Å². The molecule has 0 spiro atoms. The Morgan fingerprint density at radius 1 is 1.11 bits per heavy atom. The lowest BCUT2D eigenvalue weighted by atomic mass is 10.0. The third kappa shape index (κ3) is 2.69. The van der Waals surface area contributed by atoms with Crippen LogP contribution in [0.25, 0.3) is 0 Å². The van der Waals surface area contributed by atoms with E-state index in [4.69, 9.17) is 0 Å². The molecule has 0 atom stereocenters. The fourth-order valence-electron chi connectivity index (χ4n) is 1.59. The van der Waals surface area contributed by atoms with Gasteiger partial charge in [-0.05, 0) is 6.42 Å². The third-order valence-corrected chi connectivity index (χ3v) is 2.38. The maximum absolute atomic E-state index is 13.9. The highest BCUT2D eigenvalue weighted by atomic mass is 19.2. The van der Waals surface area contributed by atoms with Crippen molar-refractivity contribution in [3.63, 3.8) is 0 Å². The van der Waals surface area contributed by atoms with Gasteiger partial charge in [-0.15, -0.1) is 0 Å². The first-order valence-electron chi connectivity index (χ1n) is 5.31. The molecule has 0 heterocycles. The number of methoxy groups -OCH3 is 1. The normalized spacial score (nSPS) is 10.2. The predicted octanol–water partition coefficient (Wildman–Crippen LogP) is 2.38. The molecule has 104 valence electrons. The van der Waals surface area contributed by atoms with E-state index in [-0.39, 0.29) is 6.42 Å². The number of carbonyl (C=O) groups excluding carboxylic acids is 2. The molecular weight excluding hydrogens is 265 g/mol. The predicted molar refractivity (Wildman–Crippen MR) is 58.3 cm³/mol. The van der Waals surface area contributed by atoms with E-state index < -0.39 is 46.3 Å². The molecule has 1 rings (SSSR count).